The van der Waals surface area contributed by atoms with Crippen molar-refractivity contribution in [3.63, 3.8) is 0 Å². The molecule has 1 amide bonds. The Morgan fingerprint density at radius 1 is 1.38 bits per heavy atom. The first-order valence-corrected chi connectivity index (χ1v) is 7.17. The summed E-state index contributed by atoms with van der Waals surface area (Å²) in [7, 11) is 1.59. The number of fused-ring (bicyclic) bond motifs is 1. The minimum absolute atomic E-state index is 0.167. The molecule has 0 radical (unpaired) electrons. The third kappa shape index (κ3) is 3.78. The van der Waals surface area contributed by atoms with E-state index >= 15 is 0 Å². The second-order valence-corrected chi connectivity index (χ2v) is 4.86. The van der Waals surface area contributed by atoms with E-state index in [0.29, 0.717) is 23.8 Å². The fourth-order valence-electron chi connectivity index (χ4n) is 2.06. The average Bonchev–Trinajstić information content (AvgIpc) is 2.93. The Bertz CT molecular complexity index is 505. The van der Waals surface area contributed by atoms with E-state index in [1.54, 1.807) is 20.0 Å². The number of nitrogens with one attached hydrogen (secondary N) is 2. The van der Waals surface area contributed by atoms with Crippen LogP contribution in [0.2, 0.25) is 0 Å². The van der Waals surface area contributed by atoms with Gasteiger partial charge in [-0.05, 0) is 26.0 Å². The van der Waals surface area contributed by atoms with Gasteiger partial charge < -0.3 is 24.8 Å². The van der Waals surface area contributed by atoms with Gasteiger partial charge in [0, 0.05) is 25.2 Å². The summed E-state index contributed by atoms with van der Waals surface area (Å²) in [5.41, 5.74) is 0.948. The lowest BCUT2D eigenvalue weighted by Gasteiger charge is -2.17. The van der Waals surface area contributed by atoms with Gasteiger partial charge in [0.05, 0.1) is 0 Å². The highest BCUT2D eigenvalue weighted by atomic mass is 16.7. The summed E-state index contributed by atoms with van der Waals surface area (Å²) >= 11 is 0. The molecule has 1 atom stereocenters. The maximum absolute atomic E-state index is 11.6. The topological polar surface area (TPSA) is 68.8 Å². The van der Waals surface area contributed by atoms with Crippen molar-refractivity contribution in [2.75, 3.05) is 20.4 Å². The quantitative estimate of drug-likeness (QED) is 0.745. The number of ether oxygens (including phenoxy) is 3. The largest absolute Gasteiger partial charge is 0.480 e. The van der Waals surface area contributed by atoms with Gasteiger partial charge in [-0.15, -0.1) is 0 Å². The molecule has 0 aliphatic carbocycles. The molecule has 6 heteroatoms. The van der Waals surface area contributed by atoms with Crippen molar-refractivity contribution in [2.45, 2.75) is 32.9 Å². The molecule has 1 aliphatic heterocycles. The Balaban J connectivity index is 2.18. The number of amides is 1. The molecule has 21 heavy (non-hydrogen) atoms. The number of benzene rings is 1. The molecule has 1 unspecified atom stereocenters. The molecular formula is C15H22N2O4. The molecule has 6 nitrogen and oxygen atoms in total. The zero-order valence-corrected chi connectivity index (χ0v) is 12.7. The molecule has 0 aromatic heterocycles. The van der Waals surface area contributed by atoms with Crippen molar-refractivity contribution in [3.8, 4) is 17.2 Å². The summed E-state index contributed by atoms with van der Waals surface area (Å²) in [5, 5.41) is 5.90. The van der Waals surface area contributed by atoms with Gasteiger partial charge in [-0.3, -0.25) is 4.79 Å². The molecule has 1 aromatic rings. The molecule has 1 heterocycles. The maximum atomic E-state index is 11.6. The van der Waals surface area contributed by atoms with Crippen LogP contribution in [-0.2, 0) is 11.3 Å². The van der Waals surface area contributed by atoms with E-state index in [-0.39, 0.29) is 12.7 Å². The van der Waals surface area contributed by atoms with E-state index in [2.05, 4.69) is 17.6 Å². The highest BCUT2D eigenvalue weighted by molar-refractivity contribution is 5.80. The van der Waals surface area contributed by atoms with Gasteiger partial charge in [-0.1, -0.05) is 6.92 Å². The zero-order chi connectivity index (χ0) is 15.2. The monoisotopic (exact) mass is 294 g/mol. The highest BCUT2D eigenvalue weighted by Crippen LogP contribution is 2.38. The summed E-state index contributed by atoms with van der Waals surface area (Å²) in [6.07, 6.45) is 0.482. The van der Waals surface area contributed by atoms with E-state index < -0.39 is 6.10 Å². The normalized spacial score (nSPS) is 13.9. The van der Waals surface area contributed by atoms with Crippen molar-refractivity contribution >= 4 is 5.91 Å². The summed E-state index contributed by atoms with van der Waals surface area (Å²) in [6.45, 7) is 5.61. The van der Waals surface area contributed by atoms with Crippen LogP contribution in [0.5, 0.6) is 17.2 Å². The van der Waals surface area contributed by atoms with Gasteiger partial charge in [0.2, 0.25) is 6.79 Å². The number of hydrogen-bond acceptors (Lipinski definition) is 5. The van der Waals surface area contributed by atoms with Crippen LogP contribution in [-0.4, -0.2) is 32.4 Å². The van der Waals surface area contributed by atoms with Crippen molar-refractivity contribution < 1.29 is 19.0 Å². The van der Waals surface area contributed by atoms with E-state index in [9.17, 15) is 4.79 Å². The van der Waals surface area contributed by atoms with Crippen molar-refractivity contribution in [1.29, 1.82) is 0 Å². The number of hydrogen-bond donors (Lipinski definition) is 2. The van der Waals surface area contributed by atoms with Gasteiger partial charge in [0.1, 0.15) is 5.75 Å². The molecule has 1 aliphatic rings. The lowest BCUT2D eigenvalue weighted by atomic mass is 10.1. The van der Waals surface area contributed by atoms with Crippen LogP contribution < -0.4 is 24.8 Å². The van der Waals surface area contributed by atoms with Crippen LogP contribution in [0.25, 0.3) is 0 Å². The molecule has 1 aromatic carbocycles. The predicted molar refractivity (Wildman–Crippen MR) is 78.7 cm³/mol. The zero-order valence-electron chi connectivity index (χ0n) is 12.7. The standard InChI is InChI=1S/C15H22N2O4/c1-4-5-17-8-11-6-13-14(20-9-19-13)7-12(11)21-10(2)15(18)16-3/h6-7,10,17H,4-5,8-9H2,1-3H3,(H,16,18). The molecular weight excluding hydrogens is 272 g/mol. The van der Waals surface area contributed by atoms with Crippen LogP contribution in [0.4, 0.5) is 0 Å². The SMILES string of the molecule is CCCNCc1cc2c(cc1OC(C)C(=O)NC)OCO2. The van der Waals surface area contributed by atoms with Crippen LogP contribution in [0, 0.1) is 0 Å². The lowest BCUT2D eigenvalue weighted by Crippen LogP contribution is -2.34. The Labute approximate surface area is 124 Å². The third-order valence-electron chi connectivity index (χ3n) is 3.22. The second-order valence-electron chi connectivity index (χ2n) is 4.86. The first kappa shape index (κ1) is 15.4. The van der Waals surface area contributed by atoms with Crippen molar-refractivity contribution in [3.05, 3.63) is 17.7 Å². The molecule has 0 saturated heterocycles. The minimum Gasteiger partial charge on any atom is -0.480 e. The summed E-state index contributed by atoms with van der Waals surface area (Å²) in [6, 6.07) is 3.68. The number of rotatable bonds is 7. The molecule has 2 rings (SSSR count). The summed E-state index contributed by atoms with van der Waals surface area (Å²) in [5.74, 6) is 1.83. The van der Waals surface area contributed by atoms with Crippen LogP contribution >= 0.6 is 0 Å². The van der Waals surface area contributed by atoms with Crippen LogP contribution in [0.15, 0.2) is 12.1 Å². The van der Waals surface area contributed by atoms with Crippen LogP contribution in [0.3, 0.4) is 0 Å². The smallest absolute Gasteiger partial charge is 0.260 e. The Kier molecular flexibility index (Phi) is 5.27. The first-order valence-electron chi connectivity index (χ1n) is 7.17. The molecule has 0 bridgehead atoms. The highest BCUT2D eigenvalue weighted by Gasteiger charge is 2.21. The summed E-state index contributed by atoms with van der Waals surface area (Å²) < 4.78 is 16.5. The summed E-state index contributed by atoms with van der Waals surface area (Å²) in [4.78, 5) is 11.6. The van der Waals surface area contributed by atoms with Gasteiger partial charge in [-0.25, -0.2) is 0 Å². The second kappa shape index (κ2) is 7.17. The molecule has 2 N–H and O–H groups in total. The number of likely N-dealkylation sites (N-methyl/N-ethyl adjacent to an activating group) is 1. The van der Waals surface area contributed by atoms with Gasteiger partial charge in [-0.2, -0.15) is 0 Å². The molecule has 0 spiro atoms. The maximum Gasteiger partial charge on any atom is 0.260 e. The van der Waals surface area contributed by atoms with E-state index in [1.165, 1.54) is 0 Å². The first-order chi connectivity index (χ1) is 10.2. The number of carbonyl (C=O) groups is 1. The average molecular weight is 294 g/mol. The fraction of sp³-hybridized carbons (Fsp3) is 0.533. The van der Waals surface area contributed by atoms with Crippen LogP contribution in [0.1, 0.15) is 25.8 Å². The van der Waals surface area contributed by atoms with E-state index in [0.717, 1.165) is 18.5 Å². The Morgan fingerprint density at radius 2 is 2.10 bits per heavy atom. The number of carbonyl (C=O) groups excluding carboxylic acids is 1. The fourth-order valence-corrected chi connectivity index (χ4v) is 2.06. The Hall–Kier alpha value is -1.95. The van der Waals surface area contributed by atoms with E-state index in [1.807, 2.05) is 6.07 Å². The van der Waals surface area contributed by atoms with Crippen molar-refractivity contribution in [1.82, 2.24) is 10.6 Å². The predicted octanol–water partition coefficient (Wildman–Crippen LogP) is 1.43. The van der Waals surface area contributed by atoms with E-state index in [4.69, 9.17) is 14.2 Å². The Morgan fingerprint density at radius 3 is 2.76 bits per heavy atom. The lowest BCUT2D eigenvalue weighted by molar-refractivity contribution is -0.126. The van der Waals surface area contributed by atoms with Gasteiger partial charge in [0.25, 0.3) is 5.91 Å². The molecule has 0 fully saturated rings. The minimum atomic E-state index is -0.569. The third-order valence-corrected chi connectivity index (χ3v) is 3.22. The molecule has 116 valence electrons. The molecule has 0 saturated carbocycles. The van der Waals surface area contributed by atoms with Crippen molar-refractivity contribution in [2.24, 2.45) is 0 Å². The van der Waals surface area contributed by atoms with Gasteiger partial charge >= 0.3 is 0 Å². The van der Waals surface area contributed by atoms with Gasteiger partial charge in [0.15, 0.2) is 17.6 Å².